The van der Waals surface area contributed by atoms with E-state index in [2.05, 4.69) is 51.7 Å². The first-order chi connectivity index (χ1) is 13.0. The third kappa shape index (κ3) is 3.56. The average molecular weight is 402 g/mol. The molecule has 1 atom stereocenters. The van der Waals surface area contributed by atoms with Gasteiger partial charge in [0.15, 0.2) is 0 Å². The monoisotopic (exact) mass is 401 g/mol. The van der Waals surface area contributed by atoms with E-state index in [4.69, 9.17) is 0 Å². The van der Waals surface area contributed by atoms with E-state index >= 15 is 0 Å². The van der Waals surface area contributed by atoms with Gasteiger partial charge in [0.1, 0.15) is 17.0 Å². The molecule has 27 heavy (non-hydrogen) atoms. The second-order valence-corrected chi connectivity index (χ2v) is 8.91. The lowest BCUT2D eigenvalue weighted by Crippen LogP contribution is -2.47. The van der Waals surface area contributed by atoms with Crippen LogP contribution in [0.2, 0.25) is 0 Å². The lowest BCUT2D eigenvalue weighted by Gasteiger charge is -2.32. The number of amides is 1. The molecule has 1 N–H and O–H groups in total. The van der Waals surface area contributed by atoms with E-state index in [9.17, 15) is 4.79 Å². The van der Waals surface area contributed by atoms with Gasteiger partial charge < -0.3 is 15.1 Å². The van der Waals surface area contributed by atoms with Crippen molar-refractivity contribution in [1.82, 2.24) is 19.8 Å². The lowest BCUT2D eigenvalue weighted by atomic mass is 10.1. The van der Waals surface area contributed by atoms with Gasteiger partial charge >= 0.3 is 0 Å². The second kappa shape index (κ2) is 7.53. The summed E-state index contributed by atoms with van der Waals surface area (Å²) in [5.74, 6) is 0.910. The SMILES string of the molecule is Cc1c(C(=O)N2CCN(C)CC2)sc2ncnc(NC(C)c3cccs3)c12. The number of hydrogen-bond acceptors (Lipinski definition) is 7. The normalized spacial score (nSPS) is 16.6. The third-order valence-corrected chi connectivity index (χ3v) is 7.28. The van der Waals surface area contributed by atoms with Crippen LogP contribution < -0.4 is 5.32 Å². The standard InChI is InChI=1S/C19H23N5OS2/c1-12-15-17(22-13(2)14-5-4-10-26-14)20-11-21-18(15)27-16(12)19(25)24-8-6-23(3)7-9-24/h4-5,10-11,13H,6-9H2,1-3H3,(H,20,21,22). The summed E-state index contributed by atoms with van der Waals surface area (Å²) in [7, 11) is 2.09. The van der Waals surface area contributed by atoms with Crippen molar-refractivity contribution in [2.75, 3.05) is 38.5 Å². The molecule has 1 unspecified atom stereocenters. The number of carbonyl (C=O) groups is 1. The molecule has 4 rings (SSSR count). The Morgan fingerprint density at radius 1 is 1.26 bits per heavy atom. The number of thiophene rings is 2. The summed E-state index contributed by atoms with van der Waals surface area (Å²) >= 11 is 3.19. The predicted octanol–water partition coefficient (Wildman–Crippen LogP) is 3.62. The van der Waals surface area contributed by atoms with E-state index in [0.717, 1.165) is 52.7 Å². The van der Waals surface area contributed by atoms with Crippen LogP contribution in [0.5, 0.6) is 0 Å². The zero-order valence-corrected chi connectivity index (χ0v) is 17.4. The van der Waals surface area contributed by atoms with Crippen LogP contribution in [0, 0.1) is 6.92 Å². The molecule has 1 amide bonds. The van der Waals surface area contributed by atoms with Gasteiger partial charge in [-0.15, -0.1) is 22.7 Å². The van der Waals surface area contributed by atoms with E-state index in [1.54, 1.807) is 17.7 Å². The number of fused-ring (bicyclic) bond motifs is 1. The molecule has 1 fully saturated rings. The maximum atomic E-state index is 13.1. The first-order valence-electron chi connectivity index (χ1n) is 9.06. The Bertz CT molecular complexity index is 945. The van der Waals surface area contributed by atoms with Crippen molar-refractivity contribution in [3.05, 3.63) is 39.2 Å². The summed E-state index contributed by atoms with van der Waals surface area (Å²) in [6.45, 7) is 7.51. The van der Waals surface area contributed by atoms with Crippen molar-refractivity contribution in [2.24, 2.45) is 0 Å². The van der Waals surface area contributed by atoms with Crippen LogP contribution in [0.15, 0.2) is 23.8 Å². The largest absolute Gasteiger partial charge is 0.362 e. The Morgan fingerprint density at radius 3 is 2.74 bits per heavy atom. The van der Waals surface area contributed by atoms with Crippen LogP contribution in [-0.4, -0.2) is 58.9 Å². The number of aromatic nitrogens is 2. The summed E-state index contributed by atoms with van der Waals surface area (Å²) in [5.41, 5.74) is 0.973. The Balaban J connectivity index is 1.64. The summed E-state index contributed by atoms with van der Waals surface area (Å²) < 4.78 is 0. The highest BCUT2D eigenvalue weighted by Gasteiger charge is 2.26. The fourth-order valence-corrected chi connectivity index (χ4v) is 5.20. The smallest absolute Gasteiger partial charge is 0.264 e. The van der Waals surface area contributed by atoms with Gasteiger partial charge in [-0.2, -0.15) is 0 Å². The zero-order chi connectivity index (χ0) is 19.0. The van der Waals surface area contributed by atoms with Crippen molar-refractivity contribution in [1.29, 1.82) is 0 Å². The number of piperazine rings is 1. The lowest BCUT2D eigenvalue weighted by molar-refractivity contribution is 0.0668. The summed E-state index contributed by atoms with van der Waals surface area (Å²) in [6, 6.07) is 4.32. The van der Waals surface area contributed by atoms with E-state index in [0.29, 0.717) is 0 Å². The molecule has 1 saturated heterocycles. The maximum absolute atomic E-state index is 13.1. The highest BCUT2D eigenvalue weighted by atomic mass is 32.1. The third-order valence-electron chi connectivity index (χ3n) is 5.03. The molecule has 6 nitrogen and oxygen atoms in total. The van der Waals surface area contributed by atoms with E-state index in [1.807, 2.05) is 11.8 Å². The second-order valence-electron chi connectivity index (χ2n) is 6.94. The first kappa shape index (κ1) is 18.3. The number of hydrogen-bond donors (Lipinski definition) is 1. The van der Waals surface area contributed by atoms with Crippen molar-refractivity contribution >= 4 is 44.6 Å². The van der Waals surface area contributed by atoms with Crippen molar-refractivity contribution < 1.29 is 4.79 Å². The minimum atomic E-state index is 0.112. The van der Waals surface area contributed by atoms with Gasteiger partial charge in [-0.3, -0.25) is 4.79 Å². The molecule has 3 aromatic rings. The molecular weight excluding hydrogens is 378 g/mol. The number of nitrogens with zero attached hydrogens (tertiary/aromatic N) is 4. The van der Waals surface area contributed by atoms with Gasteiger partial charge in [0.2, 0.25) is 0 Å². The molecule has 142 valence electrons. The fourth-order valence-electron chi connectivity index (χ4n) is 3.35. The number of aryl methyl sites for hydroxylation is 1. The zero-order valence-electron chi connectivity index (χ0n) is 15.7. The van der Waals surface area contributed by atoms with Crippen LogP contribution in [-0.2, 0) is 0 Å². The highest BCUT2D eigenvalue weighted by molar-refractivity contribution is 7.20. The van der Waals surface area contributed by atoms with Gasteiger partial charge in [-0.05, 0) is 37.9 Å². The van der Waals surface area contributed by atoms with Crippen LogP contribution in [0.1, 0.15) is 33.1 Å². The topological polar surface area (TPSA) is 61.4 Å². The molecule has 0 aromatic carbocycles. The van der Waals surface area contributed by atoms with E-state index in [1.165, 1.54) is 16.2 Å². The van der Waals surface area contributed by atoms with Crippen LogP contribution in [0.25, 0.3) is 10.2 Å². The van der Waals surface area contributed by atoms with Gasteiger partial charge in [-0.25, -0.2) is 9.97 Å². The molecule has 3 aromatic heterocycles. The Hall–Kier alpha value is -2.03. The summed E-state index contributed by atoms with van der Waals surface area (Å²) in [4.78, 5) is 29.1. The van der Waals surface area contributed by atoms with Gasteiger partial charge in [0.05, 0.1) is 16.3 Å². The molecule has 0 spiro atoms. The van der Waals surface area contributed by atoms with E-state index < -0.39 is 0 Å². The predicted molar refractivity (Wildman–Crippen MR) is 112 cm³/mol. The Morgan fingerprint density at radius 2 is 2.04 bits per heavy atom. The molecule has 8 heteroatoms. The fraction of sp³-hybridized carbons (Fsp3) is 0.421. The van der Waals surface area contributed by atoms with Crippen LogP contribution in [0.3, 0.4) is 0 Å². The molecule has 0 saturated carbocycles. The van der Waals surface area contributed by atoms with E-state index in [-0.39, 0.29) is 11.9 Å². The minimum Gasteiger partial charge on any atom is -0.362 e. The molecule has 4 heterocycles. The number of nitrogens with one attached hydrogen (secondary N) is 1. The van der Waals surface area contributed by atoms with Crippen molar-refractivity contribution in [3.63, 3.8) is 0 Å². The maximum Gasteiger partial charge on any atom is 0.264 e. The molecule has 0 bridgehead atoms. The van der Waals surface area contributed by atoms with Gasteiger partial charge in [0.25, 0.3) is 5.91 Å². The van der Waals surface area contributed by atoms with Crippen LogP contribution >= 0.6 is 22.7 Å². The molecule has 1 aliphatic heterocycles. The van der Waals surface area contributed by atoms with Gasteiger partial charge in [0, 0.05) is 31.1 Å². The van der Waals surface area contributed by atoms with Crippen molar-refractivity contribution in [3.8, 4) is 0 Å². The molecule has 1 aliphatic rings. The highest BCUT2D eigenvalue weighted by Crippen LogP contribution is 2.35. The number of anilines is 1. The van der Waals surface area contributed by atoms with Crippen molar-refractivity contribution in [2.45, 2.75) is 19.9 Å². The van der Waals surface area contributed by atoms with Gasteiger partial charge in [-0.1, -0.05) is 6.07 Å². The minimum absolute atomic E-state index is 0.112. The van der Waals surface area contributed by atoms with Crippen LogP contribution in [0.4, 0.5) is 5.82 Å². The average Bonchev–Trinajstić information content (AvgIpc) is 3.31. The molecule has 0 radical (unpaired) electrons. The molecular formula is C19H23N5OS2. The number of rotatable bonds is 4. The number of likely N-dealkylation sites (N-methyl/N-ethyl adjacent to an activating group) is 1. The quantitative estimate of drug-likeness (QED) is 0.723. The summed E-state index contributed by atoms with van der Waals surface area (Å²) in [6.07, 6.45) is 1.58. The number of carbonyl (C=O) groups excluding carboxylic acids is 1. The summed E-state index contributed by atoms with van der Waals surface area (Å²) in [5, 5.41) is 6.54. The Labute approximate surface area is 166 Å². The molecule has 0 aliphatic carbocycles. The Kier molecular flexibility index (Phi) is 5.12. The first-order valence-corrected chi connectivity index (χ1v) is 10.8.